The second-order valence-electron chi connectivity index (χ2n) is 6.12. The maximum atomic E-state index is 12.8. The quantitative estimate of drug-likeness (QED) is 0.545. The van der Waals surface area contributed by atoms with E-state index in [0.717, 1.165) is 27.9 Å². The Morgan fingerprint density at radius 3 is 2.59 bits per heavy atom. The lowest BCUT2D eigenvalue weighted by molar-refractivity contribution is 0.102. The first kappa shape index (κ1) is 16.8. The molecule has 0 bridgehead atoms. The lowest BCUT2D eigenvalue weighted by atomic mass is 10.1. The van der Waals surface area contributed by atoms with Gasteiger partial charge in [0.1, 0.15) is 12.4 Å². The number of benzene rings is 3. The Morgan fingerprint density at radius 1 is 0.889 bits per heavy atom. The van der Waals surface area contributed by atoms with Crippen molar-refractivity contribution in [1.82, 2.24) is 4.98 Å². The molecule has 132 valence electrons. The highest BCUT2D eigenvalue weighted by Gasteiger charge is 2.12. The molecule has 1 heterocycles. The molecule has 4 aromatic rings. The van der Waals surface area contributed by atoms with Crippen LogP contribution in [0.4, 0.5) is 5.69 Å². The van der Waals surface area contributed by atoms with Gasteiger partial charge in [-0.15, -0.1) is 0 Å². The molecule has 0 radical (unpaired) electrons. The standard InChI is InChI=1S/C23H18N2O2/c26-23(25-19-12-13-22-17(15-19)8-6-14-24-22)21-11-5-4-7-18(21)16-27-20-9-2-1-3-10-20/h1-15H,16H2,(H,25,26). The van der Waals surface area contributed by atoms with Gasteiger partial charge in [0.2, 0.25) is 0 Å². The summed E-state index contributed by atoms with van der Waals surface area (Å²) in [5.74, 6) is 0.611. The third kappa shape index (κ3) is 3.96. The van der Waals surface area contributed by atoms with Gasteiger partial charge in [-0.25, -0.2) is 0 Å². The van der Waals surface area contributed by atoms with E-state index in [1.54, 1.807) is 6.20 Å². The molecule has 4 rings (SSSR count). The molecule has 4 nitrogen and oxygen atoms in total. The zero-order valence-electron chi connectivity index (χ0n) is 14.6. The number of fused-ring (bicyclic) bond motifs is 1. The fraction of sp³-hybridized carbons (Fsp3) is 0.0435. The summed E-state index contributed by atoms with van der Waals surface area (Å²) in [6, 6.07) is 26.6. The van der Waals surface area contributed by atoms with Crippen molar-refractivity contribution in [3.05, 3.63) is 102 Å². The summed E-state index contributed by atoms with van der Waals surface area (Å²) in [5.41, 5.74) is 3.06. The molecule has 0 aliphatic rings. The van der Waals surface area contributed by atoms with Crippen LogP contribution in [0.25, 0.3) is 10.9 Å². The Kier molecular flexibility index (Phi) is 4.79. The van der Waals surface area contributed by atoms with Crippen molar-refractivity contribution in [2.24, 2.45) is 0 Å². The molecular weight excluding hydrogens is 336 g/mol. The zero-order valence-corrected chi connectivity index (χ0v) is 14.6. The molecular formula is C23H18N2O2. The fourth-order valence-corrected chi connectivity index (χ4v) is 2.90. The van der Waals surface area contributed by atoms with Crippen LogP contribution in [0.1, 0.15) is 15.9 Å². The zero-order chi connectivity index (χ0) is 18.5. The van der Waals surface area contributed by atoms with Crippen LogP contribution in [-0.2, 0) is 6.61 Å². The minimum absolute atomic E-state index is 0.162. The number of aromatic nitrogens is 1. The van der Waals surface area contributed by atoms with Crippen molar-refractivity contribution >= 4 is 22.5 Å². The number of carbonyl (C=O) groups is 1. The monoisotopic (exact) mass is 354 g/mol. The molecule has 0 atom stereocenters. The van der Waals surface area contributed by atoms with Crippen LogP contribution in [0.5, 0.6) is 5.75 Å². The van der Waals surface area contributed by atoms with Gasteiger partial charge in [0, 0.05) is 28.4 Å². The first-order chi connectivity index (χ1) is 13.3. The average molecular weight is 354 g/mol. The van der Waals surface area contributed by atoms with Crippen molar-refractivity contribution in [2.75, 3.05) is 5.32 Å². The molecule has 0 saturated heterocycles. The van der Waals surface area contributed by atoms with Crippen molar-refractivity contribution in [2.45, 2.75) is 6.61 Å². The van der Waals surface area contributed by atoms with Gasteiger partial charge in [-0.2, -0.15) is 0 Å². The summed E-state index contributed by atoms with van der Waals surface area (Å²) in [6.45, 7) is 0.329. The van der Waals surface area contributed by atoms with Gasteiger partial charge in [0.05, 0.1) is 5.52 Å². The summed E-state index contributed by atoms with van der Waals surface area (Å²) in [7, 11) is 0. The van der Waals surface area contributed by atoms with Gasteiger partial charge in [0.15, 0.2) is 0 Å². The van der Waals surface area contributed by atoms with Crippen molar-refractivity contribution < 1.29 is 9.53 Å². The molecule has 1 N–H and O–H groups in total. The molecule has 0 fully saturated rings. The van der Waals surface area contributed by atoms with E-state index < -0.39 is 0 Å². The Bertz CT molecular complexity index is 1080. The minimum Gasteiger partial charge on any atom is -0.489 e. The van der Waals surface area contributed by atoms with Gasteiger partial charge >= 0.3 is 0 Å². The van der Waals surface area contributed by atoms with E-state index in [2.05, 4.69) is 10.3 Å². The van der Waals surface area contributed by atoms with Crippen LogP contribution in [-0.4, -0.2) is 10.9 Å². The topological polar surface area (TPSA) is 51.2 Å². The van der Waals surface area contributed by atoms with Crippen LogP contribution in [0, 0.1) is 0 Å². The van der Waals surface area contributed by atoms with E-state index in [-0.39, 0.29) is 5.91 Å². The molecule has 1 aromatic heterocycles. The molecule has 27 heavy (non-hydrogen) atoms. The number of amides is 1. The van der Waals surface area contributed by atoms with Gasteiger partial charge in [-0.3, -0.25) is 9.78 Å². The predicted molar refractivity (Wildman–Crippen MR) is 107 cm³/mol. The van der Waals surface area contributed by atoms with E-state index in [9.17, 15) is 4.79 Å². The number of nitrogens with one attached hydrogen (secondary N) is 1. The highest BCUT2D eigenvalue weighted by molar-refractivity contribution is 6.06. The number of ether oxygens (including phenoxy) is 1. The number of hydrogen-bond acceptors (Lipinski definition) is 3. The van der Waals surface area contributed by atoms with Crippen LogP contribution in [0.2, 0.25) is 0 Å². The third-order valence-electron chi connectivity index (χ3n) is 4.26. The molecule has 0 saturated carbocycles. The Morgan fingerprint density at radius 2 is 1.70 bits per heavy atom. The molecule has 0 unspecified atom stereocenters. The summed E-state index contributed by atoms with van der Waals surface area (Å²) in [6.07, 6.45) is 1.75. The lowest BCUT2D eigenvalue weighted by Gasteiger charge is -2.12. The van der Waals surface area contributed by atoms with Crippen LogP contribution < -0.4 is 10.1 Å². The lowest BCUT2D eigenvalue weighted by Crippen LogP contribution is -2.15. The van der Waals surface area contributed by atoms with Gasteiger partial charge < -0.3 is 10.1 Å². The van der Waals surface area contributed by atoms with Gasteiger partial charge in [-0.05, 0) is 42.5 Å². The minimum atomic E-state index is -0.162. The van der Waals surface area contributed by atoms with Crippen LogP contribution >= 0.6 is 0 Å². The summed E-state index contributed by atoms with van der Waals surface area (Å²) < 4.78 is 5.80. The van der Waals surface area contributed by atoms with Gasteiger partial charge in [-0.1, -0.05) is 42.5 Å². The number of carbonyl (C=O) groups excluding carboxylic acids is 1. The van der Waals surface area contributed by atoms with E-state index >= 15 is 0 Å². The summed E-state index contributed by atoms with van der Waals surface area (Å²) in [4.78, 5) is 17.1. The third-order valence-corrected chi connectivity index (χ3v) is 4.26. The average Bonchev–Trinajstić information content (AvgIpc) is 2.73. The van der Waals surface area contributed by atoms with E-state index in [1.807, 2.05) is 84.9 Å². The van der Waals surface area contributed by atoms with E-state index in [1.165, 1.54) is 0 Å². The number of rotatable bonds is 5. The van der Waals surface area contributed by atoms with Crippen LogP contribution in [0.15, 0.2) is 91.1 Å². The maximum absolute atomic E-state index is 12.8. The second-order valence-corrected chi connectivity index (χ2v) is 6.12. The normalized spacial score (nSPS) is 10.5. The number of hydrogen-bond donors (Lipinski definition) is 1. The molecule has 1 amide bonds. The number of pyridine rings is 1. The summed E-state index contributed by atoms with van der Waals surface area (Å²) in [5, 5.41) is 3.95. The largest absolute Gasteiger partial charge is 0.489 e. The number of para-hydroxylation sites is 1. The Hall–Kier alpha value is -3.66. The van der Waals surface area contributed by atoms with Crippen molar-refractivity contribution in [3.63, 3.8) is 0 Å². The maximum Gasteiger partial charge on any atom is 0.256 e. The highest BCUT2D eigenvalue weighted by atomic mass is 16.5. The SMILES string of the molecule is O=C(Nc1ccc2ncccc2c1)c1ccccc1COc1ccccc1. The van der Waals surface area contributed by atoms with E-state index in [4.69, 9.17) is 4.74 Å². The molecule has 0 spiro atoms. The second kappa shape index (κ2) is 7.70. The van der Waals surface area contributed by atoms with E-state index in [0.29, 0.717) is 12.2 Å². The van der Waals surface area contributed by atoms with Crippen LogP contribution in [0.3, 0.4) is 0 Å². The number of nitrogens with zero attached hydrogens (tertiary/aromatic N) is 1. The van der Waals surface area contributed by atoms with Crippen molar-refractivity contribution in [3.8, 4) is 5.75 Å². The molecule has 3 aromatic carbocycles. The highest BCUT2D eigenvalue weighted by Crippen LogP contribution is 2.19. The molecule has 0 aliphatic heterocycles. The van der Waals surface area contributed by atoms with Gasteiger partial charge in [0.25, 0.3) is 5.91 Å². The Labute approximate surface area is 157 Å². The smallest absolute Gasteiger partial charge is 0.256 e. The first-order valence-electron chi connectivity index (χ1n) is 8.71. The molecule has 4 heteroatoms. The fourth-order valence-electron chi connectivity index (χ4n) is 2.90. The molecule has 0 aliphatic carbocycles. The predicted octanol–water partition coefficient (Wildman–Crippen LogP) is 5.07. The summed E-state index contributed by atoms with van der Waals surface area (Å²) >= 11 is 0. The first-order valence-corrected chi connectivity index (χ1v) is 8.71. The Balaban J connectivity index is 1.52. The van der Waals surface area contributed by atoms with Crippen molar-refractivity contribution in [1.29, 1.82) is 0 Å². The number of anilines is 1.